The summed E-state index contributed by atoms with van der Waals surface area (Å²) in [5.41, 5.74) is 0.918. The van der Waals surface area contributed by atoms with Crippen LogP contribution in [0.2, 0.25) is 10.0 Å². The number of hydrogen-bond acceptors (Lipinski definition) is 1. The van der Waals surface area contributed by atoms with Crippen molar-refractivity contribution >= 4 is 66.7 Å². The third kappa shape index (κ3) is 3.72. The molecule has 1 amide bonds. The number of carbonyl (C=O) groups is 1. The quantitative estimate of drug-likeness (QED) is 0.652. The highest BCUT2D eigenvalue weighted by atomic mass is 79.9. The first-order valence-corrected chi connectivity index (χ1v) is 7.53. The molecule has 0 saturated carbocycles. The molecule has 0 aliphatic carbocycles. The minimum Gasteiger partial charge on any atom is -0.321 e. The average molecular weight is 424 g/mol. The Morgan fingerprint density at radius 1 is 0.947 bits per heavy atom. The van der Waals surface area contributed by atoms with E-state index in [9.17, 15) is 4.79 Å². The molecule has 2 aromatic rings. The zero-order valence-corrected chi connectivity index (χ0v) is 14.1. The van der Waals surface area contributed by atoms with Gasteiger partial charge in [0.15, 0.2) is 0 Å². The molecule has 0 aromatic heterocycles. The number of carbonyl (C=O) groups excluding carboxylic acids is 1. The van der Waals surface area contributed by atoms with Crippen molar-refractivity contribution in [1.29, 1.82) is 0 Å². The summed E-state index contributed by atoms with van der Waals surface area (Å²) < 4.78 is 1.62. The van der Waals surface area contributed by atoms with Crippen molar-refractivity contribution in [1.82, 2.24) is 0 Å². The monoisotopic (exact) mass is 421 g/mol. The van der Waals surface area contributed by atoms with Crippen LogP contribution in [0.15, 0.2) is 45.3 Å². The maximum Gasteiger partial charge on any atom is 0.257 e. The second-order valence-corrected chi connectivity index (χ2v) is 6.35. The van der Waals surface area contributed by atoms with Crippen molar-refractivity contribution < 1.29 is 4.79 Å². The first-order valence-electron chi connectivity index (χ1n) is 5.19. The van der Waals surface area contributed by atoms with Gasteiger partial charge in [-0.15, -0.1) is 0 Å². The summed E-state index contributed by atoms with van der Waals surface area (Å²) in [5, 5.41) is 3.56. The van der Waals surface area contributed by atoms with Crippen LogP contribution >= 0.6 is 55.1 Å². The molecule has 0 aliphatic heterocycles. The van der Waals surface area contributed by atoms with Gasteiger partial charge in [-0.25, -0.2) is 0 Å². The van der Waals surface area contributed by atoms with E-state index in [4.69, 9.17) is 23.2 Å². The number of nitrogens with one attached hydrogen (secondary N) is 1. The predicted molar refractivity (Wildman–Crippen MR) is 86.3 cm³/mol. The Hall–Kier alpha value is -0.550. The van der Waals surface area contributed by atoms with Crippen molar-refractivity contribution in [3.8, 4) is 0 Å². The summed E-state index contributed by atoms with van der Waals surface area (Å²) in [6.07, 6.45) is 0. The number of rotatable bonds is 2. The summed E-state index contributed by atoms with van der Waals surface area (Å²) in [6.45, 7) is 0. The highest BCUT2D eigenvalue weighted by Gasteiger charge is 2.12. The van der Waals surface area contributed by atoms with Gasteiger partial charge in [0.2, 0.25) is 0 Å². The lowest BCUT2D eigenvalue weighted by Crippen LogP contribution is -2.12. The molecule has 0 saturated heterocycles. The van der Waals surface area contributed by atoms with Gasteiger partial charge in [0.1, 0.15) is 0 Å². The first-order chi connectivity index (χ1) is 8.97. The standard InChI is InChI=1S/C13H7Br2Cl2NO/c14-7-1-3-10(16)9(5-7)13(19)18-12-4-2-8(15)6-11(12)17/h1-6H,(H,18,19). The lowest BCUT2D eigenvalue weighted by Gasteiger charge is -2.09. The van der Waals surface area contributed by atoms with Crippen molar-refractivity contribution in [2.24, 2.45) is 0 Å². The minimum atomic E-state index is -0.310. The summed E-state index contributed by atoms with van der Waals surface area (Å²) >= 11 is 18.7. The normalized spacial score (nSPS) is 10.3. The molecule has 19 heavy (non-hydrogen) atoms. The van der Waals surface area contributed by atoms with E-state index < -0.39 is 0 Å². The lowest BCUT2D eigenvalue weighted by atomic mass is 10.2. The van der Waals surface area contributed by atoms with Gasteiger partial charge >= 0.3 is 0 Å². The Morgan fingerprint density at radius 3 is 2.26 bits per heavy atom. The molecule has 0 spiro atoms. The SMILES string of the molecule is O=C(Nc1ccc(Br)cc1Cl)c1cc(Br)ccc1Cl. The molecule has 0 fully saturated rings. The van der Waals surface area contributed by atoms with Crippen LogP contribution in [0.5, 0.6) is 0 Å². The van der Waals surface area contributed by atoms with Crippen LogP contribution < -0.4 is 5.32 Å². The van der Waals surface area contributed by atoms with Crippen molar-refractivity contribution in [2.75, 3.05) is 5.32 Å². The molecule has 0 aliphatic rings. The number of anilines is 1. The minimum absolute atomic E-state index is 0.310. The number of halogens is 4. The maximum atomic E-state index is 12.1. The molecule has 2 nitrogen and oxygen atoms in total. The van der Waals surface area contributed by atoms with Gasteiger partial charge < -0.3 is 5.32 Å². The second kappa shape index (κ2) is 6.27. The van der Waals surface area contributed by atoms with Crippen molar-refractivity contribution in [2.45, 2.75) is 0 Å². The van der Waals surface area contributed by atoms with Crippen LogP contribution in [-0.4, -0.2) is 5.91 Å². The predicted octanol–water partition coefficient (Wildman–Crippen LogP) is 5.77. The highest BCUT2D eigenvalue weighted by Crippen LogP contribution is 2.27. The van der Waals surface area contributed by atoms with Crippen molar-refractivity contribution in [3.05, 3.63) is 61.0 Å². The molecule has 0 heterocycles. The Labute approximate surface area is 137 Å². The van der Waals surface area contributed by atoms with Gasteiger partial charge in [0.05, 0.1) is 21.3 Å². The zero-order valence-electron chi connectivity index (χ0n) is 9.38. The van der Waals surface area contributed by atoms with E-state index in [1.165, 1.54) is 0 Å². The maximum absolute atomic E-state index is 12.1. The molecular weight excluding hydrogens is 417 g/mol. The topological polar surface area (TPSA) is 29.1 Å². The van der Waals surface area contributed by atoms with E-state index in [1.807, 2.05) is 0 Å². The molecule has 2 rings (SSSR count). The number of benzene rings is 2. The van der Waals surface area contributed by atoms with Gasteiger partial charge in [-0.3, -0.25) is 4.79 Å². The van der Waals surface area contributed by atoms with Crippen LogP contribution in [-0.2, 0) is 0 Å². The average Bonchev–Trinajstić information content (AvgIpc) is 2.35. The van der Waals surface area contributed by atoms with E-state index in [0.29, 0.717) is 21.3 Å². The summed E-state index contributed by atoms with van der Waals surface area (Å²) in [5.74, 6) is -0.310. The Bertz CT molecular complexity index is 647. The molecular formula is C13H7Br2Cl2NO. The Balaban J connectivity index is 2.28. The van der Waals surface area contributed by atoms with E-state index in [1.54, 1.807) is 36.4 Å². The molecule has 0 radical (unpaired) electrons. The molecule has 0 bridgehead atoms. The molecule has 0 unspecified atom stereocenters. The molecule has 0 atom stereocenters. The van der Waals surface area contributed by atoms with E-state index in [2.05, 4.69) is 37.2 Å². The second-order valence-electron chi connectivity index (χ2n) is 3.70. The summed E-state index contributed by atoms with van der Waals surface area (Å²) in [4.78, 5) is 12.1. The Morgan fingerprint density at radius 2 is 1.58 bits per heavy atom. The van der Waals surface area contributed by atoms with Gasteiger partial charge in [-0.2, -0.15) is 0 Å². The van der Waals surface area contributed by atoms with Crippen molar-refractivity contribution in [3.63, 3.8) is 0 Å². The number of amides is 1. The highest BCUT2D eigenvalue weighted by molar-refractivity contribution is 9.10. The molecule has 6 heteroatoms. The molecule has 1 N–H and O–H groups in total. The van der Waals surface area contributed by atoms with Crippen LogP contribution in [0.3, 0.4) is 0 Å². The van der Waals surface area contributed by atoms with E-state index in [-0.39, 0.29) is 5.91 Å². The fraction of sp³-hybridized carbons (Fsp3) is 0. The molecule has 2 aromatic carbocycles. The zero-order chi connectivity index (χ0) is 14.0. The number of hydrogen-bond donors (Lipinski definition) is 1. The van der Waals surface area contributed by atoms with Crippen LogP contribution in [0.25, 0.3) is 0 Å². The van der Waals surface area contributed by atoms with Crippen LogP contribution in [0.4, 0.5) is 5.69 Å². The fourth-order valence-electron chi connectivity index (χ4n) is 1.45. The van der Waals surface area contributed by atoms with Crippen LogP contribution in [0, 0.1) is 0 Å². The molecule has 98 valence electrons. The first kappa shape index (κ1) is 14.9. The Kier molecular flexibility index (Phi) is 4.90. The van der Waals surface area contributed by atoms with Gasteiger partial charge in [-0.05, 0) is 36.4 Å². The van der Waals surface area contributed by atoms with E-state index in [0.717, 1.165) is 8.95 Å². The smallest absolute Gasteiger partial charge is 0.257 e. The summed E-state index contributed by atoms with van der Waals surface area (Å²) in [6, 6.07) is 10.3. The van der Waals surface area contributed by atoms with E-state index >= 15 is 0 Å². The van der Waals surface area contributed by atoms with Crippen LogP contribution in [0.1, 0.15) is 10.4 Å². The van der Waals surface area contributed by atoms with Gasteiger partial charge in [-0.1, -0.05) is 55.1 Å². The lowest BCUT2D eigenvalue weighted by molar-refractivity contribution is 0.102. The summed E-state index contributed by atoms with van der Waals surface area (Å²) in [7, 11) is 0. The van der Waals surface area contributed by atoms with Gasteiger partial charge in [0.25, 0.3) is 5.91 Å². The third-order valence-corrected chi connectivity index (χ3v) is 3.98. The van der Waals surface area contributed by atoms with Gasteiger partial charge in [0, 0.05) is 8.95 Å². The largest absolute Gasteiger partial charge is 0.321 e. The third-order valence-electron chi connectivity index (χ3n) is 2.35. The fourth-order valence-corrected chi connectivity index (χ4v) is 2.74.